The number of anilines is 1. The fraction of sp³-hybridized carbons (Fsp3) is 0.409. The van der Waals surface area contributed by atoms with E-state index in [1.807, 2.05) is 19.9 Å². The molecule has 2 aromatic rings. The van der Waals surface area contributed by atoms with Gasteiger partial charge >= 0.3 is 0 Å². The van der Waals surface area contributed by atoms with Crippen molar-refractivity contribution < 1.29 is 19.0 Å². The molecule has 1 spiro atoms. The molecule has 4 rings (SSSR count). The van der Waals surface area contributed by atoms with Gasteiger partial charge < -0.3 is 19.1 Å². The Hall–Kier alpha value is -1.79. The van der Waals surface area contributed by atoms with Crippen LogP contribution in [0, 0.1) is 13.8 Å². The molecular formula is C22H23Cl2NO4. The zero-order valence-electron chi connectivity index (χ0n) is 16.5. The summed E-state index contributed by atoms with van der Waals surface area (Å²) in [5.41, 5.74) is 3.80. The van der Waals surface area contributed by atoms with Crippen LogP contribution >= 0.6 is 23.2 Å². The first-order valence-corrected chi connectivity index (χ1v) is 10.5. The number of hydrogen-bond acceptors (Lipinski definition) is 4. The predicted octanol–water partition coefficient (Wildman–Crippen LogP) is 5.02. The van der Waals surface area contributed by atoms with Crippen LogP contribution in [0.3, 0.4) is 0 Å². The maximum atomic E-state index is 13.4. The highest BCUT2D eigenvalue weighted by Crippen LogP contribution is 2.47. The third-order valence-electron chi connectivity index (χ3n) is 5.17. The molecule has 0 N–H and O–H groups in total. The molecule has 0 radical (unpaired) electrons. The summed E-state index contributed by atoms with van der Waals surface area (Å²) in [4.78, 5) is 15.1. The van der Waals surface area contributed by atoms with Crippen molar-refractivity contribution >= 4 is 34.8 Å². The van der Waals surface area contributed by atoms with E-state index < -0.39 is 5.79 Å². The summed E-state index contributed by atoms with van der Waals surface area (Å²) in [6.07, 6.45) is 1.42. The lowest BCUT2D eigenvalue weighted by atomic mass is 10.00. The fourth-order valence-electron chi connectivity index (χ4n) is 3.99. The van der Waals surface area contributed by atoms with Gasteiger partial charge in [-0.3, -0.25) is 4.79 Å². The SMILES string of the molecule is Cc1cc(C)c2c(c1)C1(OCCCO1)C(=O)N2CCCOc1ccc(Cl)cc1Cl. The largest absolute Gasteiger partial charge is 0.492 e. The molecule has 1 saturated heterocycles. The van der Waals surface area contributed by atoms with Crippen LogP contribution in [0.15, 0.2) is 30.3 Å². The molecule has 2 aliphatic heterocycles. The van der Waals surface area contributed by atoms with E-state index in [9.17, 15) is 4.79 Å². The number of nitrogens with zero attached hydrogens (tertiary/aromatic N) is 1. The Labute approximate surface area is 180 Å². The van der Waals surface area contributed by atoms with Crippen LogP contribution in [0.5, 0.6) is 5.75 Å². The van der Waals surface area contributed by atoms with Crippen molar-refractivity contribution in [3.8, 4) is 5.75 Å². The first-order valence-electron chi connectivity index (χ1n) is 9.72. The van der Waals surface area contributed by atoms with Gasteiger partial charge in [-0.15, -0.1) is 0 Å². The minimum absolute atomic E-state index is 0.162. The molecule has 29 heavy (non-hydrogen) atoms. The number of carbonyl (C=O) groups excluding carboxylic acids is 1. The van der Waals surface area contributed by atoms with Gasteiger partial charge in [-0.2, -0.15) is 0 Å². The minimum atomic E-state index is -1.31. The number of amides is 1. The number of halogens is 2. The second-order valence-corrected chi connectivity index (χ2v) is 8.22. The summed E-state index contributed by atoms with van der Waals surface area (Å²) in [6.45, 7) is 5.95. The van der Waals surface area contributed by atoms with Crippen molar-refractivity contribution in [1.82, 2.24) is 0 Å². The Morgan fingerprint density at radius 3 is 2.62 bits per heavy atom. The molecule has 0 aromatic heterocycles. The third kappa shape index (κ3) is 3.73. The number of fused-ring (bicyclic) bond motifs is 2. The van der Waals surface area contributed by atoms with Gasteiger partial charge in [0.15, 0.2) is 0 Å². The molecule has 0 aliphatic carbocycles. The lowest BCUT2D eigenvalue weighted by Crippen LogP contribution is -2.47. The summed E-state index contributed by atoms with van der Waals surface area (Å²) in [5.74, 6) is -0.901. The van der Waals surface area contributed by atoms with Gasteiger partial charge in [-0.1, -0.05) is 34.8 Å². The molecule has 7 heteroatoms. The third-order valence-corrected chi connectivity index (χ3v) is 5.70. The molecule has 2 aromatic carbocycles. The number of benzene rings is 2. The summed E-state index contributed by atoms with van der Waals surface area (Å²) in [7, 11) is 0. The molecule has 5 nitrogen and oxygen atoms in total. The van der Waals surface area contributed by atoms with Gasteiger partial charge in [0.1, 0.15) is 5.75 Å². The first kappa shape index (κ1) is 20.5. The molecule has 0 saturated carbocycles. The highest BCUT2D eigenvalue weighted by atomic mass is 35.5. The molecule has 1 amide bonds. The van der Waals surface area contributed by atoms with E-state index in [0.29, 0.717) is 48.6 Å². The van der Waals surface area contributed by atoms with E-state index in [1.54, 1.807) is 23.1 Å². The number of carbonyl (C=O) groups is 1. The van der Waals surface area contributed by atoms with E-state index >= 15 is 0 Å². The average molecular weight is 436 g/mol. The Kier molecular flexibility index (Phi) is 5.76. The summed E-state index contributed by atoms with van der Waals surface area (Å²) >= 11 is 12.1. The number of hydrogen-bond donors (Lipinski definition) is 0. The van der Waals surface area contributed by atoms with E-state index in [0.717, 1.165) is 28.8 Å². The lowest BCUT2D eigenvalue weighted by molar-refractivity contribution is -0.256. The van der Waals surface area contributed by atoms with Crippen molar-refractivity contribution in [2.45, 2.75) is 32.5 Å². The maximum absolute atomic E-state index is 13.4. The van der Waals surface area contributed by atoms with Crippen molar-refractivity contribution in [2.24, 2.45) is 0 Å². The summed E-state index contributed by atoms with van der Waals surface area (Å²) < 4.78 is 17.6. The molecular weight excluding hydrogens is 413 g/mol. The van der Waals surface area contributed by atoms with E-state index in [-0.39, 0.29) is 5.91 Å². The van der Waals surface area contributed by atoms with Gasteiger partial charge in [-0.25, -0.2) is 0 Å². The van der Waals surface area contributed by atoms with Crippen molar-refractivity contribution in [1.29, 1.82) is 0 Å². The Balaban J connectivity index is 1.51. The monoisotopic (exact) mass is 435 g/mol. The number of aryl methyl sites for hydroxylation is 2. The quantitative estimate of drug-likeness (QED) is 0.618. The molecule has 154 valence electrons. The summed E-state index contributed by atoms with van der Waals surface area (Å²) in [5, 5.41) is 1.03. The standard InChI is InChI=1S/C22H23Cl2NO4/c1-14-11-15(2)20-17(12-14)22(28-9-4-10-29-22)21(26)25(20)7-3-8-27-19-6-5-16(23)13-18(19)24/h5-6,11-13H,3-4,7-10H2,1-2H3. The van der Waals surface area contributed by atoms with E-state index in [2.05, 4.69) is 6.07 Å². The molecule has 0 atom stereocenters. The zero-order valence-corrected chi connectivity index (χ0v) is 18.0. The van der Waals surface area contributed by atoms with Crippen molar-refractivity contribution in [2.75, 3.05) is 31.3 Å². The Morgan fingerprint density at radius 1 is 1.14 bits per heavy atom. The Morgan fingerprint density at radius 2 is 1.90 bits per heavy atom. The predicted molar refractivity (Wildman–Crippen MR) is 113 cm³/mol. The second-order valence-electron chi connectivity index (χ2n) is 7.38. The van der Waals surface area contributed by atoms with Crippen LogP contribution in [-0.2, 0) is 20.1 Å². The maximum Gasteiger partial charge on any atom is 0.292 e. The van der Waals surface area contributed by atoms with Crippen molar-refractivity contribution in [3.63, 3.8) is 0 Å². The van der Waals surface area contributed by atoms with Crippen LogP contribution in [0.2, 0.25) is 10.0 Å². The van der Waals surface area contributed by atoms with Gasteiger partial charge in [0.25, 0.3) is 11.7 Å². The van der Waals surface area contributed by atoms with Crippen LogP contribution in [-0.4, -0.2) is 32.3 Å². The topological polar surface area (TPSA) is 48.0 Å². The van der Waals surface area contributed by atoms with E-state index in [1.165, 1.54) is 0 Å². The number of rotatable bonds is 5. The fourth-order valence-corrected chi connectivity index (χ4v) is 4.45. The van der Waals surface area contributed by atoms with Crippen LogP contribution in [0.25, 0.3) is 0 Å². The van der Waals surface area contributed by atoms with Crippen LogP contribution in [0.1, 0.15) is 29.5 Å². The highest BCUT2D eigenvalue weighted by Gasteiger charge is 2.55. The van der Waals surface area contributed by atoms with Gasteiger partial charge in [0.05, 0.1) is 30.5 Å². The van der Waals surface area contributed by atoms with Crippen LogP contribution in [0.4, 0.5) is 5.69 Å². The smallest absolute Gasteiger partial charge is 0.292 e. The highest BCUT2D eigenvalue weighted by molar-refractivity contribution is 6.35. The molecule has 0 bridgehead atoms. The molecule has 0 unspecified atom stereocenters. The second kappa shape index (κ2) is 8.15. The lowest BCUT2D eigenvalue weighted by Gasteiger charge is -2.32. The first-order chi connectivity index (χ1) is 13.9. The Bertz CT molecular complexity index is 941. The molecule has 2 heterocycles. The minimum Gasteiger partial charge on any atom is -0.492 e. The zero-order chi connectivity index (χ0) is 20.6. The molecule has 2 aliphatic rings. The van der Waals surface area contributed by atoms with Crippen molar-refractivity contribution in [3.05, 3.63) is 57.1 Å². The van der Waals surface area contributed by atoms with Crippen LogP contribution < -0.4 is 9.64 Å². The van der Waals surface area contributed by atoms with Gasteiger partial charge in [-0.05, 0) is 56.5 Å². The van der Waals surface area contributed by atoms with Gasteiger partial charge in [0, 0.05) is 17.1 Å². The molecule has 1 fully saturated rings. The summed E-state index contributed by atoms with van der Waals surface area (Å²) in [6, 6.07) is 9.19. The van der Waals surface area contributed by atoms with Gasteiger partial charge in [0.2, 0.25) is 0 Å². The van der Waals surface area contributed by atoms with E-state index in [4.69, 9.17) is 37.4 Å². The number of ether oxygens (including phenoxy) is 3. The average Bonchev–Trinajstić information content (AvgIpc) is 2.90. The normalized spacial score (nSPS) is 17.7.